The molecule has 0 bridgehead atoms. The largest absolute Gasteiger partial charge is 0.341 e. The fourth-order valence-electron chi connectivity index (χ4n) is 1.44. The van der Waals surface area contributed by atoms with Crippen molar-refractivity contribution < 1.29 is 4.79 Å². The molecule has 1 aliphatic heterocycles. The number of carbonyl (C=O) groups is 1. The van der Waals surface area contributed by atoms with Crippen LogP contribution in [0, 0.1) is 5.92 Å². The minimum Gasteiger partial charge on any atom is -0.341 e. The van der Waals surface area contributed by atoms with Crippen molar-refractivity contribution in [1.29, 1.82) is 0 Å². The van der Waals surface area contributed by atoms with E-state index in [9.17, 15) is 4.79 Å². The van der Waals surface area contributed by atoms with Crippen LogP contribution in [0.2, 0.25) is 0 Å². The van der Waals surface area contributed by atoms with Gasteiger partial charge in [0.15, 0.2) is 0 Å². The van der Waals surface area contributed by atoms with Crippen LogP contribution in [-0.4, -0.2) is 18.6 Å². The lowest BCUT2D eigenvalue weighted by Crippen LogP contribution is -2.41. The summed E-state index contributed by atoms with van der Waals surface area (Å²) in [5.74, 6) is 0.599. The highest BCUT2D eigenvalue weighted by Crippen LogP contribution is 2.28. The lowest BCUT2D eigenvalue weighted by molar-refractivity contribution is -0.123. The summed E-state index contributed by atoms with van der Waals surface area (Å²) in [6, 6.07) is 0. The Morgan fingerprint density at radius 1 is 1.36 bits per heavy atom. The maximum atomic E-state index is 11.2. The Kier molecular flexibility index (Phi) is 1.82. The number of carbonyl (C=O) groups excluding carboxylic acids is 1. The molecule has 3 nitrogen and oxygen atoms in total. The van der Waals surface area contributed by atoms with Crippen LogP contribution in [-0.2, 0) is 4.79 Å². The van der Waals surface area contributed by atoms with E-state index in [1.54, 1.807) is 0 Å². The highest BCUT2D eigenvalue weighted by Gasteiger charge is 2.31. The summed E-state index contributed by atoms with van der Waals surface area (Å²) >= 11 is 0. The Morgan fingerprint density at radius 3 is 2.73 bits per heavy atom. The minimum absolute atomic E-state index is 0.254. The third-order valence-electron chi connectivity index (χ3n) is 2.32. The smallest absolute Gasteiger partial charge is 0.224 e. The topological polar surface area (TPSA) is 41.1 Å². The quantitative estimate of drug-likeness (QED) is 0.597. The van der Waals surface area contributed by atoms with Gasteiger partial charge in [0.1, 0.15) is 0 Å². The molecule has 1 heterocycles. The van der Waals surface area contributed by atoms with Crippen LogP contribution in [0.5, 0.6) is 0 Å². The maximum Gasteiger partial charge on any atom is 0.224 e. The Balaban J connectivity index is 1.74. The molecule has 0 spiro atoms. The molecule has 1 aliphatic carbocycles. The van der Waals surface area contributed by atoms with Crippen LogP contribution in [0.3, 0.4) is 0 Å². The molecule has 1 amide bonds. The zero-order valence-corrected chi connectivity index (χ0v) is 6.60. The first kappa shape index (κ1) is 7.10. The van der Waals surface area contributed by atoms with E-state index in [0.717, 1.165) is 25.8 Å². The van der Waals surface area contributed by atoms with Crippen LogP contribution in [0.4, 0.5) is 0 Å². The first-order valence-electron chi connectivity index (χ1n) is 4.40. The van der Waals surface area contributed by atoms with Crippen LogP contribution >= 0.6 is 0 Å². The zero-order valence-electron chi connectivity index (χ0n) is 6.60. The molecule has 62 valence electrons. The Bertz CT molecular complexity index is 159. The third-order valence-corrected chi connectivity index (χ3v) is 2.32. The molecule has 2 rings (SSSR count). The summed E-state index contributed by atoms with van der Waals surface area (Å²) in [5, 5.41) is 6.23. The summed E-state index contributed by atoms with van der Waals surface area (Å²) in [4.78, 5) is 11.2. The molecule has 0 aromatic heterocycles. The standard InChI is InChI=1S/C8H14N2O/c11-8(6-3-4-6)10-7-2-1-5-9-7/h6-7,9H,1-5H2,(H,10,11). The molecule has 11 heavy (non-hydrogen) atoms. The molecule has 2 aliphatic rings. The van der Waals surface area contributed by atoms with Crippen LogP contribution in [0.1, 0.15) is 25.7 Å². The van der Waals surface area contributed by atoms with E-state index in [1.807, 2.05) is 0 Å². The van der Waals surface area contributed by atoms with E-state index in [1.165, 1.54) is 6.42 Å². The second kappa shape index (κ2) is 2.81. The third kappa shape index (κ3) is 1.71. The fraction of sp³-hybridized carbons (Fsp3) is 0.875. The van der Waals surface area contributed by atoms with Crippen molar-refractivity contribution in [3.63, 3.8) is 0 Å². The second-order valence-electron chi connectivity index (χ2n) is 3.43. The number of nitrogens with one attached hydrogen (secondary N) is 2. The molecular formula is C8H14N2O. The van der Waals surface area contributed by atoms with Crippen LogP contribution in [0.25, 0.3) is 0 Å². The van der Waals surface area contributed by atoms with Crippen LogP contribution < -0.4 is 10.6 Å². The van der Waals surface area contributed by atoms with Crippen molar-refractivity contribution in [1.82, 2.24) is 10.6 Å². The SMILES string of the molecule is O=C(NC1CCCN1)C1CC1. The van der Waals surface area contributed by atoms with Crippen molar-refractivity contribution in [3.8, 4) is 0 Å². The van der Waals surface area contributed by atoms with E-state index in [0.29, 0.717) is 5.92 Å². The van der Waals surface area contributed by atoms with Gasteiger partial charge in [0.05, 0.1) is 6.17 Å². The fourth-order valence-corrected chi connectivity index (χ4v) is 1.44. The molecule has 0 aromatic rings. The van der Waals surface area contributed by atoms with Gasteiger partial charge in [0.25, 0.3) is 0 Å². The molecule has 1 saturated carbocycles. The first-order chi connectivity index (χ1) is 5.36. The summed E-state index contributed by atoms with van der Waals surface area (Å²) in [6.07, 6.45) is 4.74. The second-order valence-corrected chi connectivity index (χ2v) is 3.43. The molecule has 3 heteroatoms. The van der Waals surface area contributed by atoms with Crippen molar-refractivity contribution in [2.75, 3.05) is 6.54 Å². The Morgan fingerprint density at radius 2 is 2.18 bits per heavy atom. The van der Waals surface area contributed by atoms with Gasteiger partial charge < -0.3 is 5.32 Å². The van der Waals surface area contributed by atoms with E-state index in [-0.39, 0.29) is 12.1 Å². The number of hydrogen-bond acceptors (Lipinski definition) is 2. The highest BCUT2D eigenvalue weighted by molar-refractivity contribution is 5.81. The van der Waals surface area contributed by atoms with Crippen LogP contribution in [0.15, 0.2) is 0 Å². The summed E-state index contributed by atoms with van der Waals surface area (Å²) < 4.78 is 0. The number of rotatable bonds is 2. The van der Waals surface area contributed by atoms with Gasteiger partial charge in [-0.1, -0.05) is 0 Å². The molecule has 2 N–H and O–H groups in total. The average molecular weight is 154 g/mol. The summed E-state index contributed by atoms with van der Waals surface area (Å²) in [5.41, 5.74) is 0. The molecule has 1 atom stereocenters. The van der Waals surface area contributed by atoms with Crippen molar-refractivity contribution >= 4 is 5.91 Å². The predicted molar refractivity (Wildman–Crippen MR) is 41.9 cm³/mol. The lowest BCUT2D eigenvalue weighted by atomic mass is 10.3. The van der Waals surface area contributed by atoms with Gasteiger partial charge in [-0.15, -0.1) is 0 Å². The molecule has 1 unspecified atom stereocenters. The van der Waals surface area contributed by atoms with Gasteiger partial charge in [-0.3, -0.25) is 10.1 Å². The summed E-state index contributed by atoms with van der Waals surface area (Å²) in [7, 11) is 0. The average Bonchev–Trinajstić information content (AvgIpc) is 2.73. The first-order valence-corrected chi connectivity index (χ1v) is 4.40. The van der Waals surface area contributed by atoms with Gasteiger partial charge in [0, 0.05) is 5.92 Å². The number of amides is 1. The van der Waals surface area contributed by atoms with E-state index in [2.05, 4.69) is 10.6 Å². The predicted octanol–water partition coefficient (Wildman–Crippen LogP) is 0.222. The minimum atomic E-state index is 0.254. The Labute approximate surface area is 66.5 Å². The van der Waals surface area contributed by atoms with Gasteiger partial charge in [-0.05, 0) is 32.2 Å². The molecular weight excluding hydrogens is 140 g/mol. The molecule has 0 aromatic carbocycles. The molecule has 2 fully saturated rings. The van der Waals surface area contributed by atoms with Gasteiger partial charge >= 0.3 is 0 Å². The normalized spacial score (nSPS) is 30.4. The van der Waals surface area contributed by atoms with E-state index < -0.39 is 0 Å². The molecule has 0 radical (unpaired) electrons. The Hall–Kier alpha value is -0.570. The van der Waals surface area contributed by atoms with Crippen molar-refractivity contribution in [2.24, 2.45) is 5.92 Å². The van der Waals surface area contributed by atoms with Gasteiger partial charge in [0.2, 0.25) is 5.91 Å². The maximum absolute atomic E-state index is 11.2. The number of hydrogen-bond donors (Lipinski definition) is 2. The lowest BCUT2D eigenvalue weighted by Gasteiger charge is -2.11. The zero-order chi connectivity index (χ0) is 7.68. The summed E-state index contributed by atoms with van der Waals surface area (Å²) in [6.45, 7) is 1.05. The molecule has 1 saturated heterocycles. The van der Waals surface area contributed by atoms with E-state index in [4.69, 9.17) is 0 Å². The monoisotopic (exact) mass is 154 g/mol. The van der Waals surface area contributed by atoms with Crippen molar-refractivity contribution in [2.45, 2.75) is 31.8 Å². The highest BCUT2D eigenvalue weighted by atomic mass is 16.2. The van der Waals surface area contributed by atoms with Crippen molar-refractivity contribution in [3.05, 3.63) is 0 Å². The van der Waals surface area contributed by atoms with Gasteiger partial charge in [-0.25, -0.2) is 0 Å². The van der Waals surface area contributed by atoms with Gasteiger partial charge in [-0.2, -0.15) is 0 Å². The van der Waals surface area contributed by atoms with E-state index >= 15 is 0 Å².